The van der Waals surface area contributed by atoms with Crippen LogP contribution in [0.5, 0.6) is 0 Å². The smallest absolute Gasteiger partial charge is 0.338 e. The molecule has 160 valence electrons. The highest BCUT2D eigenvalue weighted by Gasteiger charge is 2.24. The fourth-order valence-electron chi connectivity index (χ4n) is 3.10. The monoisotopic (exact) mass is 424 g/mol. The van der Waals surface area contributed by atoms with E-state index in [4.69, 9.17) is 0 Å². The summed E-state index contributed by atoms with van der Waals surface area (Å²) in [4.78, 5) is 56.5. The number of esters is 1. The van der Waals surface area contributed by atoms with Gasteiger partial charge in [0.15, 0.2) is 0 Å². The Bertz CT molecular complexity index is 1230. The first-order valence-electron chi connectivity index (χ1n) is 9.38. The molecule has 31 heavy (non-hydrogen) atoms. The highest BCUT2D eigenvalue weighted by molar-refractivity contribution is 5.99. The minimum atomic E-state index is -0.797. The van der Waals surface area contributed by atoms with E-state index in [1.165, 1.54) is 11.0 Å². The number of nitrogens with one attached hydrogen (secondary N) is 1. The molecule has 0 radical (unpaired) electrons. The number of amides is 1. The Morgan fingerprint density at radius 3 is 2.52 bits per heavy atom. The Labute approximate surface area is 176 Å². The van der Waals surface area contributed by atoms with Gasteiger partial charge in [0.1, 0.15) is 5.82 Å². The highest BCUT2D eigenvalue weighted by atomic mass is 16.6. The second-order valence-corrected chi connectivity index (χ2v) is 7.07. The topological polar surface area (TPSA) is 136 Å². The number of nitro groups is 1. The number of methoxy groups -OCH3 is 1. The molecule has 10 heteroatoms. The second kappa shape index (κ2) is 8.74. The number of non-ortho nitro benzene ring substituents is 1. The number of fused-ring (bicyclic) bond motifs is 1. The molecule has 3 aromatic rings. The van der Waals surface area contributed by atoms with Gasteiger partial charge in [0.05, 0.1) is 35.0 Å². The third kappa shape index (κ3) is 4.58. The molecule has 1 N–H and O–H groups in total. The Hall–Kier alpha value is -4.08. The minimum absolute atomic E-state index is 0.0349. The number of carbonyl (C=O) groups is 2. The molecule has 0 bridgehead atoms. The van der Waals surface area contributed by atoms with Gasteiger partial charge in [0.25, 0.3) is 17.2 Å². The first-order valence-corrected chi connectivity index (χ1v) is 9.38. The Morgan fingerprint density at radius 2 is 1.87 bits per heavy atom. The normalized spacial score (nSPS) is 10.8. The van der Waals surface area contributed by atoms with Crippen LogP contribution in [0.4, 0.5) is 5.69 Å². The molecule has 0 atom stereocenters. The van der Waals surface area contributed by atoms with Crippen LogP contribution in [0.2, 0.25) is 0 Å². The first-order chi connectivity index (χ1) is 14.7. The van der Waals surface area contributed by atoms with Crippen molar-refractivity contribution >= 4 is 28.5 Å². The molecule has 1 heterocycles. The van der Waals surface area contributed by atoms with Crippen molar-refractivity contribution in [3.8, 4) is 0 Å². The zero-order chi connectivity index (χ0) is 22.7. The number of para-hydroxylation sites is 1. The molecular formula is C21H20N4O6. The van der Waals surface area contributed by atoms with Crippen molar-refractivity contribution in [1.29, 1.82) is 0 Å². The van der Waals surface area contributed by atoms with Crippen molar-refractivity contribution in [2.75, 3.05) is 7.11 Å². The van der Waals surface area contributed by atoms with Crippen LogP contribution in [-0.4, -0.2) is 44.8 Å². The van der Waals surface area contributed by atoms with Crippen LogP contribution in [0, 0.1) is 10.1 Å². The summed E-state index contributed by atoms with van der Waals surface area (Å²) >= 11 is 0. The molecule has 3 rings (SSSR count). The van der Waals surface area contributed by atoms with Crippen LogP contribution < -0.4 is 5.56 Å². The Morgan fingerprint density at radius 1 is 1.19 bits per heavy atom. The quantitative estimate of drug-likeness (QED) is 0.365. The fourth-order valence-corrected chi connectivity index (χ4v) is 3.10. The number of nitro benzene ring substituents is 1. The van der Waals surface area contributed by atoms with Gasteiger partial charge in [-0.15, -0.1) is 0 Å². The molecular weight excluding hydrogens is 404 g/mol. The van der Waals surface area contributed by atoms with Crippen molar-refractivity contribution < 1.29 is 19.2 Å². The number of hydrogen-bond acceptors (Lipinski definition) is 7. The summed E-state index contributed by atoms with van der Waals surface area (Å²) in [5.41, 5.74) is -0.416. The zero-order valence-corrected chi connectivity index (χ0v) is 17.1. The summed E-state index contributed by atoms with van der Waals surface area (Å²) in [7, 11) is 1.14. The van der Waals surface area contributed by atoms with Crippen LogP contribution in [0.25, 0.3) is 10.9 Å². The molecule has 0 fully saturated rings. The van der Waals surface area contributed by atoms with Crippen LogP contribution in [0.1, 0.15) is 40.4 Å². The van der Waals surface area contributed by atoms with E-state index in [-0.39, 0.29) is 35.1 Å². The summed E-state index contributed by atoms with van der Waals surface area (Å²) in [6, 6.07) is 9.88. The van der Waals surface area contributed by atoms with Gasteiger partial charge in [-0.05, 0) is 32.0 Å². The predicted molar refractivity (Wildman–Crippen MR) is 112 cm³/mol. The third-order valence-corrected chi connectivity index (χ3v) is 4.66. The van der Waals surface area contributed by atoms with Gasteiger partial charge in [0.2, 0.25) is 0 Å². The number of aromatic amines is 1. The number of aromatic nitrogens is 2. The second-order valence-electron chi connectivity index (χ2n) is 7.07. The molecule has 10 nitrogen and oxygen atoms in total. The van der Waals surface area contributed by atoms with Crippen LogP contribution in [-0.2, 0) is 11.3 Å². The lowest BCUT2D eigenvalue weighted by Gasteiger charge is -2.26. The summed E-state index contributed by atoms with van der Waals surface area (Å²) < 4.78 is 4.63. The molecule has 1 aromatic heterocycles. The molecule has 0 aliphatic carbocycles. The summed E-state index contributed by atoms with van der Waals surface area (Å²) in [5.74, 6) is -1.08. The number of H-pyrrole nitrogens is 1. The van der Waals surface area contributed by atoms with E-state index in [2.05, 4.69) is 14.7 Å². The zero-order valence-electron chi connectivity index (χ0n) is 17.1. The average molecular weight is 424 g/mol. The van der Waals surface area contributed by atoms with Crippen LogP contribution >= 0.6 is 0 Å². The highest BCUT2D eigenvalue weighted by Crippen LogP contribution is 2.21. The standard InChI is InChI=1S/C21H20N4O6/c1-12(2)24(11-18-22-17-7-5-4-6-16(17)19(26)23-18)20(27)13-8-14(21(28)31-3)10-15(9-13)25(29)30/h4-10,12H,11H2,1-3H3,(H,22,23,26). The van der Waals surface area contributed by atoms with Crippen LogP contribution in [0.15, 0.2) is 47.3 Å². The maximum atomic E-state index is 13.2. The molecule has 1 amide bonds. The summed E-state index contributed by atoms with van der Waals surface area (Å²) in [6.45, 7) is 3.48. The van der Waals surface area contributed by atoms with E-state index in [0.29, 0.717) is 10.9 Å². The lowest BCUT2D eigenvalue weighted by Crippen LogP contribution is -2.37. The lowest BCUT2D eigenvalue weighted by molar-refractivity contribution is -0.384. The lowest BCUT2D eigenvalue weighted by atomic mass is 10.1. The van der Waals surface area contributed by atoms with E-state index in [9.17, 15) is 24.5 Å². The number of carbonyl (C=O) groups excluding carboxylic acids is 2. The number of rotatable bonds is 6. The summed E-state index contributed by atoms with van der Waals surface area (Å²) in [5, 5.41) is 11.7. The average Bonchev–Trinajstić information content (AvgIpc) is 2.75. The van der Waals surface area contributed by atoms with Crippen molar-refractivity contribution in [3.05, 3.63) is 79.9 Å². The number of hydrogen-bond donors (Lipinski definition) is 1. The Kier molecular flexibility index (Phi) is 6.10. The number of nitrogens with zero attached hydrogens (tertiary/aromatic N) is 3. The largest absolute Gasteiger partial charge is 0.465 e. The SMILES string of the molecule is COC(=O)c1cc(C(=O)N(Cc2nc3ccccc3c(=O)[nH]2)C(C)C)cc([N+](=O)[O-])c1. The maximum absolute atomic E-state index is 13.2. The van der Waals surface area contributed by atoms with E-state index < -0.39 is 22.5 Å². The number of benzene rings is 2. The van der Waals surface area contributed by atoms with Crippen molar-refractivity contribution in [2.24, 2.45) is 0 Å². The number of ether oxygens (including phenoxy) is 1. The van der Waals surface area contributed by atoms with E-state index >= 15 is 0 Å². The van der Waals surface area contributed by atoms with Crippen molar-refractivity contribution in [1.82, 2.24) is 14.9 Å². The van der Waals surface area contributed by atoms with Gasteiger partial charge in [-0.2, -0.15) is 0 Å². The predicted octanol–water partition coefficient (Wildman–Crippen LogP) is 2.67. The fraction of sp³-hybridized carbons (Fsp3) is 0.238. The molecule has 0 aliphatic heterocycles. The van der Waals surface area contributed by atoms with Gasteiger partial charge in [0, 0.05) is 23.7 Å². The first kappa shape index (κ1) is 21.6. The molecule has 0 unspecified atom stereocenters. The van der Waals surface area contributed by atoms with E-state index in [0.717, 1.165) is 19.2 Å². The van der Waals surface area contributed by atoms with E-state index in [1.807, 2.05) is 0 Å². The van der Waals surface area contributed by atoms with Gasteiger partial charge in [-0.1, -0.05) is 12.1 Å². The summed E-state index contributed by atoms with van der Waals surface area (Å²) in [6.07, 6.45) is 0. The van der Waals surface area contributed by atoms with Crippen molar-refractivity contribution in [2.45, 2.75) is 26.4 Å². The van der Waals surface area contributed by atoms with Gasteiger partial charge in [-0.25, -0.2) is 9.78 Å². The van der Waals surface area contributed by atoms with Crippen LogP contribution in [0.3, 0.4) is 0 Å². The molecule has 2 aromatic carbocycles. The molecule has 0 saturated heterocycles. The molecule has 0 spiro atoms. The van der Waals surface area contributed by atoms with Gasteiger partial charge < -0.3 is 14.6 Å². The van der Waals surface area contributed by atoms with Crippen molar-refractivity contribution in [3.63, 3.8) is 0 Å². The van der Waals surface area contributed by atoms with E-state index in [1.54, 1.807) is 38.1 Å². The third-order valence-electron chi connectivity index (χ3n) is 4.66. The molecule has 0 saturated carbocycles. The van der Waals surface area contributed by atoms with Gasteiger partial charge >= 0.3 is 5.97 Å². The molecule has 0 aliphatic rings. The Balaban J connectivity index is 2.01. The maximum Gasteiger partial charge on any atom is 0.338 e. The van der Waals surface area contributed by atoms with Gasteiger partial charge in [-0.3, -0.25) is 19.7 Å². The minimum Gasteiger partial charge on any atom is -0.465 e.